The van der Waals surface area contributed by atoms with Gasteiger partial charge in [0.25, 0.3) is 0 Å². The van der Waals surface area contributed by atoms with Crippen molar-refractivity contribution in [3.8, 4) is 0 Å². The third kappa shape index (κ3) is 4.66. The Kier molecular flexibility index (Phi) is 4.60. The smallest absolute Gasteiger partial charge is 0.312 e. The van der Waals surface area contributed by atoms with Crippen LogP contribution in [-0.2, 0) is 6.54 Å². The molecule has 0 saturated heterocycles. The number of aryl methyl sites for hydroxylation is 1. The third-order valence-corrected chi connectivity index (χ3v) is 2.42. The van der Waals surface area contributed by atoms with Gasteiger partial charge in [-0.25, -0.2) is 4.79 Å². The molecule has 106 valence electrons. The van der Waals surface area contributed by atoms with Crippen molar-refractivity contribution in [3.05, 3.63) is 37.1 Å². The zero-order valence-corrected chi connectivity index (χ0v) is 11.2. The predicted molar refractivity (Wildman–Crippen MR) is 70.3 cm³/mol. The molecule has 1 aromatic rings. The van der Waals surface area contributed by atoms with Crippen molar-refractivity contribution in [2.75, 3.05) is 6.54 Å². The topological polar surface area (TPSA) is 110 Å². The van der Waals surface area contributed by atoms with E-state index in [1.54, 1.807) is 0 Å². The maximum atomic E-state index is 11.5. The summed E-state index contributed by atoms with van der Waals surface area (Å²) in [4.78, 5) is 34.4. The summed E-state index contributed by atoms with van der Waals surface area (Å²) in [6.45, 7) is 7.03. The van der Waals surface area contributed by atoms with Gasteiger partial charge < -0.3 is 5.32 Å². The maximum Gasteiger partial charge on any atom is 0.350 e. The van der Waals surface area contributed by atoms with Gasteiger partial charge in [-0.05, 0) is 33.7 Å². The fourth-order valence-corrected chi connectivity index (χ4v) is 1.51. The van der Waals surface area contributed by atoms with E-state index in [0.29, 0.717) is 19.5 Å². The zero-order valence-electron chi connectivity index (χ0n) is 11.2. The maximum absolute atomic E-state index is 11.5. The lowest BCUT2D eigenvalue weighted by Gasteiger charge is -2.20. The molecule has 19 heavy (non-hydrogen) atoms. The Morgan fingerprint density at radius 3 is 2.58 bits per heavy atom. The molecule has 0 aliphatic heterocycles. The number of nitrogens with zero attached hydrogens (tertiary/aromatic N) is 2. The first-order valence-electron chi connectivity index (χ1n) is 5.94. The van der Waals surface area contributed by atoms with Gasteiger partial charge in [-0.3, -0.25) is 24.5 Å². The second kappa shape index (κ2) is 5.79. The first-order chi connectivity index (χ1) is 8.70. The first kappa shape index (κ1) is 15.1. The second-order valence-electron chi connectivity index (χ2n) is 5.25. The monoisotopic (exact) mass is 270 g/mol. The minimum absolute atomic E-state index is 0.0258. The van der Waals surface area contributed by atoms with Crippen molar-refractivity contribution in [3.63, 3.8) is 0 Å². The SMILES string of the molecule is CC(C)(C)NCCCn1cc([N+](=O)[O-])c(=O)[nH]c1=O. The molecule has 1 heterocycles. The first-order valence-corrected chi connectivity index (χ1v) is 5.94. The molecule has 1 aromatic heterocycles. The second-order valence-corrected chi connectivity index (χ2v) is 5.25. The Morgan fingerprint density at radius 1 is 1.42 bits per heavy atom. The van der Waals surface area contributed by atoms with Crippen LogP contribution < -0.4 is 16.6 Å². The number of nitro groups is 1. The Morgan fingerprint density at radius 2 is 2.05 bits per heavy atom. The summed E-state index contributed by atoms with van der Waals surface area (Å²) in [5.41, 5.74) is -2.25. The number of aromatic amines is 1. The Balaban J connectivity index is 2.74. The number of nitrogens with one attached hydrogen (secondary N) is 2. The van der Waals surface area contributed by atoms with E-state index < -0.39 is 21.9 Å². The van der Waals surface area contributed by atoms with Crippen molar-refractivity contribution in [2.24, 2.45) is 0 Å². The normalized spacial score (nSPS) is 11.5. The van der Waals surface area contributed by atoms with E-state index in [9.17, 15) is 19.7 Å². The van der Waals surface area contributed by atoms with Crippen LogP contribution in [0.2, 0.25) is 0 Å². The van der Waals surface area contributed by atoms with E-state index in [-0.39, 0.29) is 5.54 Å². The molecular weight excluding hydrogens is 252 g/mol. The van der Waals surface area contributed by atoms with Gasteiger partial charge in [0.15, 0.2) is 0 Å². The summed E-state index contributed by atoms with van der Waals surface area (Å²) in [6, 6.07) is 0. The van der Waals surface area contributed by atoms with E-state index in [1.165, 1.54) is 0 Å². The molecule has 0 bridgehead atoms. The number of H-pyrrole nitrogens is 1. The van der Waals surface area contributed by atoms with Crippen LogP contribution in [0.25, 0.3) is 0 Å². The van der Waals surface area contributed by atoms with Crippen LogP contribution in [0.1, 0.15) is 27.2 Å². The van der Waals surface area contributed by atoms with Crippen molar-refractivity contribution in [1.82, 2.24) is 14.9 Å². The van der Waals surface area contributed by atoms with Gasteiger partial charge in [0.1, 0.15) is 0 Å². The summed E-state index contributed by atoms with van der Waals surface area (Å²) in [5, 5.41) is 13.8. The molecule has 0 fully saturated rings. The molecule has 0 atom stereocenters. The van der Waals surface area contributed by atoms with Crippen LogP contribution >= 0.6 is 0 Å². The zero-order chi connectivity index (χ0) is 14.6. The molecular formula is C11H18N4O4. The fraction of sp³-hybridized carbons (Fsp3) is 0.636. The molecule has 8 heteroatoms. The summed E-state index contributed by atoms with van der Waals surface area (Å²) >= 11 is 0. The number of rotatable bonds is 5. The Bertz CT molecular complexity index is 567. The van der Waals surface area contributed by atoms with Crippen LogP contribution in [0.15, 0.2) is 15.8 Å². The highest BCUT2D eigenvalue weighted by Crippen LogP contribution is 2.01. The highest BCUT2D eigenvalue weighted by Gasteiger charge is 2.14. The van der Waals surface area contributed by atoms with Gasteiger partial charge in [0.05, 0.1) is 11.1 Å². The highest BCUT2D eigenvalue weighted by molar-refractivity contribution is 5.20. The predicted octanol–water partition coefficient (Wildman–Crippen LogP) is 0.223. The minimum atomic E-state index is -0.973. The lowest BCUT2D eigenvalue weighted by atomic mass is 10.1. The molecule has 2 N–H and O–H groups in total. The van der Waals surface area contributed by atoms with Crippen LogP contribution in [0.5, 0.6) is 0 Å². The Labute approximate surface area is 109 Å². The number of hydrogen-bond donors (Lipinski definition) is 2. The molecule has 0 spiro atoms. The molecule has 8 nitrogen and oxygen atoms in total. The van der Waals surface area contributed by atoms with E-state index in [4.69, 9.17) is 0 Å². The van der Waals surface area contributed by atoms with Gasteiger partial charge in [-0.1, -0.05) is 0 Å². The Hall–Kier alpha value is -1.96. The van der Waals surface area contributed by atoms with Crippen molar-refractivity contribution in [1.29, 1.82) is 0 Å². The molecule has 0 aliphatic rings. The molecule has 0 aromatic carbocycles. The van der Waals surface area contributed by atoms with Crippen LogP contribution in [0.3, 0.4) is 0 Å². The summed E-state index contributed by atoms with van der Waals surface area (Å²) < 4.78 is 1.14. The molecule has 0 amide bonds. The average Bonchev–Trinajstić information content (AvgIpc) is 2.24. The minimum Gasteiger partial charge on any atom is -0.312 e. The standard InChI is InChI=1S/C11H18N4O4/c1-11(2,3)12-5-4-6-14-7-8(15(18)19)9(16)13-10(14)17/h7,12H,4-6H2,1-3H3,(H,13,16,17). The van der Waals surface area contributed by atoms with Crippen LogP contribution in [-0.4, -0.2) is 26.6 Å². The summed E-state index contributed by atoms with van der Waals surface area (Å²) in [5.74, 6) is 0. The largest absolute Gasteiger partial charge is 0.350 e. The van der Waals surface area contributed by atoms with E-state index >= 15 is 0 Å². The average molecular weight is 270 g/mol. The van der Waals surface area contributed by atoms with Crippen molar-refractivity contribution < 1.29 is 4.92 Å². The van der Waals surface area contributed by atoms with Crippen molar-refractivity contribution in [2.45, 2.75) is 39.3 Å². The molecule has 0 aliphatic carbocycles. The summed E-state index contributed by atoms with van der Waals surface area (Å²) in [7, 11) is 0. The number of hydrogen-bond acceptors (Lipinski definition) is 5. The quantitative estimate of drug-likeness (QED) is 0.452. The van der Waals surface area contributed by atoms with Gasteiger partial charge in [-0.15, -0.1) is 0 Å². The highest BCUT2D eigenvalue weighted by atomic mass is 16.6. The van der Waals surface area contributed by atoms with Gasteiger partial charge in [0.2, 0.25) is 0 Å². The van der Waals surface area contributed by atoms with Crippen LogP contribution in [0.4, 0.5) is 5.69 Å². The van der Waals surface area contributed by atoms with Gasteiger partial charge in [-0.2, -0.15) is 0 Å². The molecule has 0 unspecified atom stereocenters. The lowest BCUT2D eigenvalue weighted by Crippen LogP contribution is -2.37. The van der Waals surface area contributed by atoms with Gasteiger partial charge >= 0.3 is 16.9 Å². The fourth-order valence-electron chi connectivity index (χ4n) is 1.51. The van der Waals surface area contributed by atoms with E-state index in [2.05, 4.69) is 5.32 Å². The third-order valence-electron chi connectivity index (χ3n) is 2.42. The summed E-state index contributed by atoms with van der Waals surface area (Å²) in [6.07, 6.45) is 1.61. The molecule has 1 rings (SSSR count). The molecule has 0 radical (unpaired) electrons. The van der Waals surface area contributed by atoms with E-state index in [1.807, 2.05) is 25.8 Å². The van der Waals surface area contributed by atoms with Crippen LogP contribution in [0, 0.1) is 10.1 Å². The number of aromatic nitrogens is 2. The van der Waals surface area contributed by atoms with Gasteiger partial charge in [0, 0.05) is 12.1 Å². The van der Waals surface area contributed by atoms with E-state index in [0.717, 1.165) is 10.8 Å². The molecule has 0 saturated carbocycles. The lowest BCUT2D eigenvalue weighted by molar-refractivity contribution is -0.386. The van der Waals surface area contributed by atoms with Crippen molar-refractivity contribution >= 4 is 5.69 Å².